The van der Waals surface area contributed by atoms with E-state index in [9.17, 15) is 0 Å². The molecule has 0 aliphatic carbocycles. The molecule has 1 heteroatoms. The first-order chi connectivity index (χ1) is 10.4. The van der Waals surface area contributed by atoms with Gasteiger partial charge in [-0.25, -0.2) is 0 Å². The summed E-state index contributed by atoms with van der Waals surface area (Å²) in [5, 5.41) is 0. The Hall–Kier alpha value is -1.13. The van der Waals surface area contributed by atoms with Crippen molar-refractivity contribution < 1.29 is 0 Å². The lowest BCUT2D eigenvalue weighted by Crippen LogP contribution is -1.78. The Morgan fingerprint density at radius 3 is 1.62 bits per heavy atom. The van der Waals surface area contributed by atoms with E-state index in [1.165, 1.54) is 57.7 Å². The molecule has 2 aromatic rings. The van der Waals surface area contributed by atoms with E-state index < -0.39 is 0 Å². The molecule has 0 spiro atoms. The zero-order valence-corrected chi connectivity index (χ0v) is 14.5. The summed E-state index contributed by atoms with van der Waals surface area (Å²) in [6, 6.07) is 20.8. The van der Waals surface area contributed by atoms with Gasteiger partial charge in [-0.2, -0.15) is 0 Å². The summed E-state index contributed by atoms with van der Waals surface area (Å²) in [5.74, 6) is 0. The fraction of sp³-hybridized carbons (Fsp3) is 0.400. The van der Waals surface area contributed by atoms with Crippen LogP contribution in [0, 0.1) is 0 Å². The highest BCUT2D eigenvalue weighted by molar-refractivity contribution is 7.37. The minimum atomic E-state index is 1.23. The third-order valence-electron chi connectivity index (χ3n) is 3.34. The summed E-state index contributed by atoms with van der Waals surface area (Å²) in [4.78, 5) is 0. The van der Waals surface area contributed by atoms with Crippen LogP contribution < -0.4 is 0 Å². The Balaban J connectivity index is 0.000000222. The summed E-state index contributed by atoms with van der Waals surface area (Å²) >= 11 is 0. The predicted octanol–water partition coefficient (Wildman–Crippen LogP) is 6.62. The van der Waals surface area contributed by atoms with Crippen molar-refractivity contribution >= 4 is 8.58 Å². The highest BCUT2D eigenvalue weighted by Crippen LogP contribution is 2.17. The quantitative estimate of drug-likeness (QED) is 0.398. The maximum atomic E-state index is 2.28. The van der Waals surface area contributed by atoms with Crippen molar-refractivity contribution in [2.24, 2.45) is 0 Å². The summed E-state index contributed by atoms with van der Waals surface area (Å²) < 4.78 is 0. The van der Waals surface area contributed by atoms with E-state index in [0.29, 0.717) is 0 Å². The second-order valence-electron chi connectivity index (χ2n) is 5.15. The summed E-state index contributed by atoms with van der Waals surface area (Å²) in [6.45, 7) is 4.54. The van der Waals surface area contributed by atoms with Gasteiger partial charge < -0.3 is 0 Å². The van der Waals surface area contributed by atoms with Crippen molar-refractivity contribution in [2.75, 3.05) is 12.3 Å². The maximum absolute atomic E-state index is 2.28. The van der Waals surface area contributed by atoms with E-state index >= 15 is 0 Å². The minimum absolute atomic E-state index is 1.23. The lowest BCUT2D eigenvalue weighted by atomic mass is 10.1. The molecule has 0 radical (unpaired) electrons. The van der Waals surface area contributed by atoms with Crippen LogP contribution in [0.25, 0.3) is 11.1 Å². The molecule has 0 saturated carbocycles. The molecule has 0 aliphatic rings. The summed E-state index contributed by atoms with van der Waals surface area (Å²) in [5.41, 5.74) is 2.55. The average Bonchev–Trinajstić information content (AvgIpc) is 2.57. The second kappa shape index (κ2) is 12.6. The molecule has 0 saturated heterocycles. The van der Waals surface area contributed by atoms with Crippen molar-refractivity contribution in [1.82, 2.24) is 0 Å². The van der Waals surface area contributed by atoms with Crippen molar-refractivity contribution in [3.8, 4) is 11.1 Å². The van der Waals surface area contributed by atoms with Crippen molar-refractivity contribution in [2.45, 2.75) is 39.5 Å². The van der Waals surface area contributed by atoms with E-state index in [1.807, 2.05) is 12.1 Å². The van der Waals surface area contributed by atoms with Crippen LogP contribution in [0.5, 0.6) is 0 Å². The Bertz CT molecular complexity index is 392. The standard InChI is InChI=1S/C12H10.C8H19P/c1-3-7-11(8-4-1)12-9-5-2-6-10-12;1-3-5-6-7-8-9-4-2/h1-10H;9H,3-8H2,1-2H3. The zero-order chi connectivity index (χ0) is 15.2. The van der Waals surface area contributed by atoms with Crippen LogP contribution in [0.1, 0.15) is 39.5 Å². The maximum Gasteiger partial charge on any atom is -0.0184 e. The fourth-order valence-corrected chi connectivity index (χ4v) is 2.97. The SMILES string of the molecule is CCCCCCPCC.c1ccc(-c2ccccc2)cc1. The van der Waals surface area contributed by atoms with E-state index in [-0.39, 0.29) is 0 Å². The van der Waals surface area contributed by atoms with E-state index in [4.69, 9.17) is 0 Å². The third-order valence-corrected chi connectivity index (χ3v) is 4.55. The molecule has 0 aliphatic heterocycles. The molecule has 21 heavy (non-hydrogen) atoms. The molecule has 0 bridgehead atoms. The molecule has 2 rings (SSSR count). The van der Waals surface area contributed by atoms with Crippen LogP contribution in [0.2, 0.25) is 0 Å². The Morgan fingerprint density at radius 2 is 1.19 bits per heavy atom. The molecule has 0 N–H and O–H groups in total. The lowest BCUT2D eigenvalue weighted by molar-refractivity contribution is 0.705. The topological polar surface area (TPSA) is 0 Å². The molecular weight excluding hydrogens is 271 g/mol. The van der Waals surface area contributed by atoms with Crippen LogP contribution in [-0.4, -0.2) is 12.3 Å². The molecular formula is C20H29P. The minimum Gasteiger partial charge on any atom is -0.122 e. The number of rotatable bonds is 7. The van der Waals surface area contributed by atoms with Crippen LogP contribution in [0.3, 0.4) is 0 Å². The van der Waals surface area contributed by atoms with Gasteiger partial charge in [0.1, 0.15) is 0 Å². The molecule has 0 fully saturated rings. The normalized spacial score (nSPS) is 10.4. The van der Waals surface area contributed by atoms with Gasteiger partial charge in [0, 0.05) is 0 Å². The first-order valence-electron chi connectivity index (χ1n) is 8.19. The van der Waals surface area contributed by atoms with Gasteiger partial charge in [-0.15, -0.1) is 8.58 Å². The Morgan fingerprint density at radius 1 is 0.667 bits per heavy atom. The van der Waals surface area contributed by atoms with Crippen LogP contribution >= 0.6 is 8.58 Å². The monoisotopic (exact) mass is 300 g/mol. The molecule has 2 aromatic carbocycles. The van der Waals surface area contributed by atoms with Gasteiger partial charge in [0.05, 0.1) is 0 Å². The Labute approximate surface area is 132 Å². The van der Waals surface area contributed by atoms with Gasteiger partial charge in [-0.1, -0.05) is 93.8 Å². The lowest BCUT2D eigenvalue weighted by Gasteiger charge is -1.98. The van der Waals surface area contributed by atoms with Gasteiger partial charge >= 0.3 is 0 Å². The number of hydrogen-bond acceptors (Lipinski definition) is 0. The average molecular weight is 300 g/mol. The third kappa shape index (κ3) is 8.68. The predicted molar refractivity (Wildman–Crippen MR) is 99.7 cm³/mol. The van der Waals surface area contributed by atoms with Gasteiger partial charge in [0.2, 0.25) is 0 Å². The van der Waals surface area contributed by atoms with Crippen molar-refractivity contribution in [1.29, 1.82) is 0 Å². The first-order valence-corrected chi connectivity index (χ1v) is 9.61. The number of hydrogen-bond donors (Lipinski definition) is 0. The van der Waals surface area contributed by atoms with E-state index in [0.717, 1.165) is 0 Å². The first kappa shape index (κ1) is 17.9. The molecule has 0 aromatic heterocycles. The van der Waals surface area contributed by atoms with Crippen LogP contribution in [0.4, 0.5) is 0 Å². The number of unbranched alkanes of at least 4 members (excludes halogenated alkanes) is 3. The Kier molecular flexibility index (Phi) is 10.8. The van der Waals surface area contributed by atoms with Gasteiger partial charge in [-0.3, -0.25) is 0 Å². The molecule has 1 atom stereocenters. The second-order valence-corrected chi connectivity index (χ2v) is 6.85. The van der Waals surface area contributed by atoms with Crippen molar-refractivity contribution in [3.63, 3.8) is 0 Å². The fourth-order valence-electron chi connectivity index (χ4n) is 2.11. The van der Waals surface area contributed by atoms with E-state index in [2.05, 4.69) is 62.4 Å². The van der Waals surface area contributed by atoms with Crippen LogP contribution in [-0.2, 0) is 0 Å². The van der Waals surface area contributed by atoms with Gasteiger partial charge in [-0.05, 0) is 29.9 Å². The van der Waals surface area contributed by atoms with E-state index in [1.54, 1.807) is 0 Å². The summed E-state index contributed by atoms with van der Waals surface area (Å²) in [6.07, 6.45) is 8.62. The zero-order valence-electron chi connectivity index (χ0n) is 13.5. The van der Waals surface area contributed by atoms with Gasteiger partial charge in [0.25, 0.3) is 0 Å². The largest absolute Gasteiger partial charge is 0.122 e. The molecule has 0 amide bonds. The molecule has 1 unspecified atom stereocenters. The smallest absolute Gasteiger partial charge is 0.0184 e. The highest BCUT2D eigenvalue weighted by Gasteiger charge is 1.91. The molecule has 0 nitrogen and oxygen atoms in total. The molecule has 114 valence electrons. The summed E-state index contributed by atoms with van der Waals surface area (Å²) in [7, 11) is 1.23. The number of benzene rings is 2. The van der Waals surface area contributed by atoms with Crippen molar-refractivity contribution in [3.05, 3.63) is 60.7 Å². The van der Waals surface area contributed by atoms with Gasteiger partial charge in [0.15, 0.2) is 0 Å². The van der Waals surface area contributed by atoms with Crippen LogP contribution in [0.15, 0.2) is 60.7 Å². The molecule has 0 heterocycles. The highest BCUT2D eigenvalue weighted by atomic mass is 31.1.